The zero-order valence-electron chi connectivity index (χ0n) is 12.7. The van der Waals surface area contributed by atoms with Crippen molar-refractivity contribution in [1.29, 1.82) is 0 Å². The summed E-state index contributed by atoms with van der Waals surface area (Å²) in [6, 6.07) is 1.74. The molecule has 20 heavy (non-hydrogen) atoms. The average molecular weight is 295 g/mol. The number of nitrogens with zero attached hydrogens (tertiary/aromatic N) is 2. The molecule has 1 aromatic heterocycles. The first kappa shape index (κ1) is 14.1. The molecule has 1 heterocycles. The quantitative estimate of drug-likeness (QED) is 0.780. The van der Waals surface area contributed by atoms with Gasteiger partial charge in [-0.2, -0.15) is 4.98 Å². The van der Waals surface area contributed by atoms with Gasteiger partial charge in [0.2, 0.25) is 5.88 Å². The molecule has 0 aromatic carbocycles. The van der Waals surface area contributed by atoms with Crippen molar-refractivity contribution in [2.24, 2.45) is 16.7 Å². The Morgan fingerprint density at radius 1 is 1.35 bits per heavy atom. The molecule has 3 atom stereocenters. The van der Waals surface area contributed by atoms with Crippen molar-refractivity contribution < 1.29 is 4.74 Å². The standard InChI is InChI=1S/C16H23ClN2O/c1-5-13-18-12(17)9-14(19-13)20-11-8-10-6-7-16(11,4)15(10,2)3/h9-11H,5-8H2,1-4H3. The number of fused-ring (bicyclic) bond motifs is 2. The van der Waals surface area contributed by atoms with Gasteiger partial charge in [0, 0.05) is 17.9 Å². The highest BCUT2D eigenvalue weighted by Gasteiger charge is 2.62. The lowest BCUT2D eigenvalue weighted by Crippen LogP contribution is -2.39. The molecule has 0 radical (unpaired) electrons. The molecule has 2 bridgehead atoms. The third kappa shape index (κ3) is 1.93. The molecule has 4 heteroatoms. The molecule has 0 aliphatic heterocycles. The highest BCUT2D eigenvalue weighted by molar-refractivity contribution is 6.29. The summed E-state index contributed by atoms with van der Waals surface area (Å²) in [4.78, 5) is 8.66. The Bertz CT molecular complexity index is 531. The fourth-order valence-corrected chi connectivity index (χ4v) is 4.31. The molecule has 2 aliphatic carbocycles. The van der Waals surface area contributed by atoms with Gasteiger partial charge in [0.1, 0.15) is 17.1 Å². The van der Waals surface area contributed by atoms with Gasteiger partial charge in [-0.3, -0.25) is 0 Å². The van der Waals surface area contributed by atoms with E-state index < -0.39 is 0 Å². The molecule has 3 nitrogen and oxygen atoms in total. The van der Waals surface area contributed by atoms with Gasteiger partial charge >= 0.3 is 0 Å². The van der Waals surface area contributed by atoms with E-state index in [1.54, 1.807) is 6.07 Å². The average Bonchev–Trinajstić information content (AvgIpc) is 2.71. The van der Waals surface area contributed by atoms with Gasteiger partial charge in [0.05, 0.1) is 0 Å². The Balaban J connectivity index is 1.85. The van der Waals surface area contributed by atoms with Crippen LogP contribution < -0.4 is 4.74 Å². The lowest BCUT2D eigenvalue weighted by atomic mass is 9.70. The zero-order valence-corrected chi connectivity index (χ0v) is 13.5. The highest BCUT2D eigenvalue weighted by atomic mass is 35.5. The van der Waals surface area contributed by atoms with Crippen LogP contribution in [0.3, 0.4) is 0 Å². The van der Waals surface area contributed by atoms with Gasteiger partial charge in [-0.15, -0.1) is 0 Å². The monoisotopic (exact) mass is 294 g/mol. The molecule has 2 fully saturated rings. The van der Waals surface area contributed by atoms with Crippen molar-refractivity contribution in [3.05, 3.63) is 17.0 Å². The molecule has 0 amide bonds. The van der Waals surface area contributed by atoms with Crippen molar-refractivity contribution >= 4 is 11.6 Å². The number of hydrogen-bond acceptors (Lipinski definition) is 3. The second-order valence-corrected chi connectivity index (χ2v) is 7.40. The summed E-state index contributed by atoms with van der Waals surface area (Å²) in [5, 5.41) is 0.472. The van der Waals surface area contributed by atoms with Crippen molar-refractivity contribution in [3.63, 3.8) is 0 Å². The molecule has 3 rings (SSSR count). The van der Waals surface area contributed by atoms with Gasteiger partial charge in [0.15, 0.2) is 0 Å². The first-order chi connectivity index (χ1) is 9.36. The van der Waals surface area contributed by atoms with Crippen molar-refractivity contribution in [2.75, 3.05) is 0 Å². The van der Waals surface area contributed by atoms with E-state index in [1.807, 2.05) is 6.92 Å². The van der Waals surface area contributed by atoms with Crippen molar-refractivity contribution in [2.45, 2.75) is 59.5 Å². The largest absolute Gasteiger partial charge is 0.474 e. The SMILES string of the molecule is CCc1nc(Cl)cc(OC2CC3CCC2(C)C3(C)C)n1. The number of ether oxygens (including phenoxy) is 1. The second-order valence-electron chi connectivity index (χ2n) is 7.02. The van der Waals surface area contributed by atoms with E-state index in [1.165, 1.54) is 12.8 Å². The predicted octanol–water partition coefficient (Wildman–Crippen LogP) is 4.29. The molecular weight excluding hydrogens is 272 g/mol. The molecule has 0 saturated heterocycles. The maximum atomic E-state index is 6.24. The van der Waals surface area contributed by atoms with E-state index in [4.69, 9.17) is 16.3 Å². The first-order valence-electron chi connectivity index (χ1n) is 7.57. The Labute approximate surface area is 126 Å². The third-order valence-corrected chi connectivity index (χ3v) is 6.20. The number of rotatable bonds is 3. The maximum absolute atomic E-state index is 6.24. The lowest BCUT2D eigenvalue weighted by molar-refractivity contribution is 0.0271. The van der Waals surface area contributed by atoms with Gasteiger partial charge in [-0.1, -0.05) is 39.3 Å². The van der Waals surface area contributed by atoms with Crippen molar-refractivity contribution in [1.82, 2.24) is 9.97 Å². The van der Waals surface area contributed by atoms with Crippen LogP contribution in [-0.2, 0) is 6.42 Å². The molecule has 1 aromatic rings. The van der Waals surface area contributed by atoms with Crippen LogP contribution in [0.4, 0.5) is 0 Å². The number of halogens is 1. The Kier molecular flexibility index (Phi) is 3.24. The van der Waals surface area contributed by atoms with Crippen molar-refractivity contribution in [3.8, 4) is 5.88 Å². The summed E-state index contributed by atoms with van der Waals surface area (Å²) >= 11 is 6.05. The van der Waals surface area contributed by atoms with Gasteiger partial charge in [0.25, 0.3) is 0 Å². The second kappa shape index (κ2) is 4.59. The summed E-state index contributed by atoms with van der Waals surface area (Å²) in [5.74, 6) is 2.15. The lowest BCUT2D eigenvalue weighted by Gasteiger charge is -2.38. The predicted molar refractivity (Wildman–Crippen MR) is 80.1 cm³/mol. The number of hydrogen-bond donors (Lipinski definition) is 0. The Hall–Kier alpha value is -0.830. The van der Waals surface area contributed by atoms with E-state index in [0.29, 0.717) is 16.4 Å². The van der Waals surface area contributed by atoms with E-state index >= 15 is 0 Å². The van der Waals surface area contributed by atoms with Gasteiger partial charge in [-0.05, 0) is 30.6 Å². The summed E-state index contributed by atoms with van der Waals surface area (Å²) in [6.45, 7) is 9.17. The molecule has 0 N–H and O–H groups in total. The van der Waals surface area contributed by atoms with E-state index in [0.717, 1.165) is 24.6 Å². The molecule has 3 unspecified atom stereocenters. The Morgan fingerprint density at radius 2 is 2.10 bits per heavy atom. The van der Waals surface area contributed by atoms with E-state index in [9.17, 15) is 0 Å². The molecule has 2 aliphatic rings. The molecule has 0 spiro atoms. The normalized spacial score (nSPS) is 34.5. The van der Waals surface area contributed by atoms with Gasteiger partial charge < -0.3 is 4.74 Å². The fourth-order valence-electron chi connectivity index (χ4n) is 4.11. The number of aryl methyl sites for hydroxylation is 1. The van der Waals surface area contributed by atoms with Crippen LogP contribution in [0.1, 0.15) is 52.8 Å². The summed E-state index contributed by atoms with van der Waals surface area (Å²) in [6.07, 6.45) is 4.72. The third-order valence-electron chi connectivity index (χ3n) is 6.01. The maximum Gasteiger partial charge on any atom is 0.218 e. The summed E-state index contributed by atoms with van der Waals surface area (Å²) in [5.41, 5.74) is 0.587. The highest BCUT2D eigenvalue weighted by Crippen LogP contribution is 2.66. The number of aromatic nitrogens is 2. The minimum atomic E-state index is 0.238. The molecule has 110 valence electrons. The van der Waals surface area contributed by atoms with E-state index in [-0.39, 0.29) is 11.5 Å². The minimum Gasteiger partial charge on any atom is -0.474 e. The first-order valence-corrected chi connectivity index (χ1v) is 7.94. The zero-order chi connectivity index (χ0) is 14.5. The van der Waals surface area contributed by atoms with Crippen LogP contribution in [-0.4, -0.2) is 16.1 Å². The fraction of sp³-hybridized carbons (Fsp3) is 0.750. The Morgan fingerprint density at radius 3 is 2.65 bits per heavy atom. The van der Waals surface area contributed by atoms with Gasteiger partial charge in [-0.25, -0.2) is 4.98 Å². The molecular formula is C16H23ClN2O. The van der Waals surface area contributed by atoms with Crippen LogP contribution >= 0.6 is 11.6 Å². The topological polar surface area (TPSA) is 35.0 Å². The van der Waals surface area contributed by atoms with Crippen LogP contribution in [0.2, 0.25) is 5.15 Å². The smallest absolute Gasteiger partial charge is 0.218 e. The minimum absolute atomic E-state index is 0.238. The summed E-state index contributed by atoms with van der Waals surface area (Å²) < 4.78 is 6.24. The summed E-state index contributed by atoms with van der Waals surface area (Å²) in [7, 11) is 0. The molecule has 2 saturated carbocycles. The van der Waals surface area contributed by atoms with Crippen LogP contribution in [0, 0.1) is 16.7 Å². The van der Waals surface area contributed by atoms with Crippen LogP contribution in [0.15, 0.2) is 6.07 Å². The van der Waals surface area contributed by atoms with E-state index in [2.05, 4.69) is 30.7 Å². The van der Waals surface area contributed by atoms with Crippen LogP contribution in [0.5, 0.6) is 5.88 Å². The van der Waals surface area contributed by atoms with Crippen LogP contribution in [0.25, 0.3) is 0 Å².